The summed E-state index contributed by atoms with van der Waals surface area (Å²) in [5.74, 6) is -0.391. The molecule has 0 aliphatic heterocycles. The van der Waals surface area contributed by atoms with E-state index < -0.39 is 11.9 Å². The van der Waals surface area contributed by atoms with Crippen molar-refractivity contribution in [2.45, 2.75) is 39.7 Å². The highest BCUT2D eigenvalue weighted by Gasteiger charge is 2.07. The van der Waals surface area contributed by atoms with Crippen molar-refractivity contribution in [3.63, 3.8) is 0 Å². The van der Waals surface area contributed by atoms with E-state index in [0.717, 1.165) is 32.5 Å². The number of primary amides is 1. The van der Waals surface area contributed by atoms with Crippen LogP contribution in [0.4, 0.5) is 4.79 Å². The number of carbonyl (C=O) groups is 2. The van der Waals surface area contributed by atoms with E-state index in [9.17, 15) is 9.59 Å². The van der Waals surface area contributed by atoms with Gasteiger partial charge in [-0.05, 0) is 39.4 Å². The number of nitrogens with zero attached hydrogens (tertiary/aromatic N) is 1. The second-order valence-corrected chi connectivity index (χ2v) is 4.36. The molecule has 0 aliphatic carbocycles. The van der Waals surface area contributed by atoms with Gasteiger partial charge in [0.25, 0.3) is 0 Å². The van der Waals surface area contributed by atoms with Crippen LogP contribution in [0, 0.1) is 0 Å². The van der Waals surface area contributed by atoms with Crippen LogP contribution in [0.1, 0.15) is 33.6 Å². The Kier molecular flexibility index (Phi) is 9.22. The van der Waals surface area contributed by atoms with E-state index >= 15 is 0 Å². The maximum Gasteiger partial charge on any atom is 0.318 e. The minimum absolute atomic E-state index is 0.120. The second kappa shape index (κ2) is 9.85. The minimum atomic E-state index is -0.809. The molecule has 0 fully saturated rings. The summed E-state index contributed by atoms with van der Waals surface area (Å²) in [7, 11) is 0. The Hall–Kier alpha value is -1.14. The normalized spacial score (nSPS) is 12.4. The quantitative estimate of drug-likeness (QED) is 0.554. The van der Waals surface area contributed by atoms with Gasteiger partial charge in [0, 0.05) is 6.04 Å². The van der Waals surface area contributed by atoms with Gasteiger partial charge in [0.1, 0.15) is 0 Å². The molecule has 6 heteroatoms. The highest BCUT2D eigenvalue weighted by atomic mass is 16.2. The van der Waals surface area contributed by atoms with E-state index in [-0.39, 0.29) is 12.6 Å². The number of carbonyl (C=O) groups excluding carboxylic acids is 2. The molecule has 0 aliphatic rings. The standard InChI is InChI=1S/C12H26N4O2/c1-4-16(5-2)8-6-7-10(3)14-9-11(17)15-12(13)18/h10,14H,4-9H2,1-3H3,(H3,13,15,17,18). The van der Waals surface area contributed by atoms with Crippen LogP contribution in [0.3, 0.4) is 0 Å². The number of hydrogen-bond donors (Lipinski definition) is 3. The average Bonchev–Trinajstić information content (AvgIpc) is 2.31. The summed E-state index contributed by atoms with van der Waals surface area (Å²) in [4.78, 5) is 23.9. The molecule has 0 bridgehead atoms. The Labute approximate surface area is 109 Å². The summed E-state index contributed by atoms with van der Waals surface area (Å²) in [6.45, 7) is 9.67. The number of nitrogens with one attached hydrogen (secondary N) is 2. The summed E-state index contributed by atoms with van der Waals surface area (Å²) in [5.41, 5.74) is 4.84. The molecule has 4 N–H and O–H groups in total. The van der Waals surface area contributed by atoms with Crippen molar-refractivity contribution in [1.29, 1.82) is 0 Å². The summed E-state index contributed by atoms with van der Waals surface area (Å²) >= 11 is 0. The van der Waals surface area contributed by atoms with E-state index in [4.69, 9.17) is 5.73 Å². The SMILES string of the molecule is CCN(CC)CCCC(C)NCC(=O)NC(N)=O. The van der Waals surface area contributed by atoms with E-state index in [0.29, 0.717) is 0 Å². The zero-order chi connectivity index (χ0) is 14.0. The lowest BCUT2D eigenvalue weighted by Crippen LogP contribution is -2.42. The first kappa shape index (κ1) is 16.9. The molecule has 0 saturated carbocycles. The topological polar surface area (TPSA) is 87.5 Å². The summed E-state index contributed by atoms with van der Waals surface area (Å²) in [6.07, 6.45) is 2.09. The van der Waals surface area contributed by atoms with Crippen molar-refractivity contribution in [2.24, 2.45) is 5.73 Å². The molecule has 0 radical (unpaired) electrons. The predicted molar refractivity (Wildman–Crippen MR) is 72.2 cm³/mol. The van der Waals surface area contributed by atoms with Crippen LogP contribution in [0.5, 0.6) is 0 Å². The third kappa shape index (κ3) is 8.95. The second-order valence-electron chi connectivity index (χ2n) is 4.36. The van der Waals surface area contributed by atoms with Crippen molar-refractivity contribution >= 4 is 11.9 Å². The van der Waals surface area contributed by atoms with Gasteiger partial charge in [0.15, 0.2) is 0 Å². The van der Waals surface area contributed by atoms with Gasteiger partial charge in [0.05, 0.1) is 6.54 Å². The highest BCUT2D eigenvalue weighted by Crippen LogP contribution is 1.99. The molecule has 3 amide bonds. The van der Waals surface area contributed by atoms with Crippen LogP contribution in [-0.2, 0) is 4.79 Å². The first-order valence-electron chi connectivity index (χ1n) is 6.54. The Morgan fingerprint density at radius 2 is 1.89 bits per heavy atom. The predicted octanol–water partition coefficient (Wildman–Crippen LogP) is 0.281. The molecule has 106 valence electrons. The van der Waals surface area contributed by atoms with Crippen LogP contribution in [-0.4, -0.2) is 49.1 Å². The molecule has 0 rings (SSSR count). The molecule has 0 heterocycles. The first-order chi connectivity index (χ1) is 8.49. The van der Waals surface area contributed by atoms with Crippen LogP contribution in [0.15, 0.2) is 0 Å². The Bertz CT molecular complexity index is 254. The first-order valence-corrected chi connectivity index (χ1v) is 6.54. The van der Waals surface area contributed by atoms with Gasteiger partial charge in [-0.2, -0.15) is 0 Å². The van der Waals surface area contributed by atoms with E-state index in [1.165, 1.54) is 0 Å². The van der Waals surface area contributed by atoms with Crippen molar-refractivity contribution in [1.82, 2.24) is 15.5 Å². The maximum atomic E-state index is 11.1. The Balaban J connectivity index is 3.62. The zero-order valence-corrected chi connectivity index (χ0v) is 11.7. The van der Waals surface area contributed by atoms with Gasteiger partial charge >= 0.3 is 6.03 Å². The highest BCUT2D eigenvalue weighted by molar-refractivity contribution is 5.94. The number of rotatable bonds is 9. The molecule has 0 aromatic rings. The molecule has 0 saturated heterocycles. The van der Waals surface area contributed by atoms with Gasteiger partial charge in [-0.1, -0.05) is 13.8 Å². The van der Waals surface area contributed by atoms with Gasteiger partial charge in [-0.15, -0.1) is 0 Å². The third-order valence-corrected chi connectivity index (χ3v) is 2.88. The van der Waals surface area contributed by atoms with E-state index in [1.54, 1.807) is 0 Å². The van der Waals surface area contributed by atoms with Crippen molar-refractivity contribution < 1.29 is 9.59 Å². The molecule has 0 aromatic carbocycles. The number of hydrogen-bond acceptors (Lipinski definition) is 4. The lowest BCUT2D eigenvalue weighted by Gasteiger charge is -2.19. The molecule has 6 nitrogen and oxygen atoms in total. The van der Waals surface area contributed by atoms with Crippen LogP contribution < -0.4 is 16.4 Å². The lowest BCUT2D eigenvalue weighted by atomic mass is 10.1. The van der Waals surface area contributed by atoms with Crippen LogP contribution >= 0.6 is 0 Å². The minimum Gasteiger partial charge on any atom is -0.351 e. The lowest BCUT2D eigenvalue weighted by molar-refractivity contribution is -0.119. The summed E-state index contributed by atoms with van der Waals surface area (Å²) < 4.78 is 0. The molecule has 0 aromatic heterocycles. The fourth-order valence-corrected chi connectivity index (χ4v) is 1.71. The molecular formula is C12H26N4O2. The largest absolute Gasteiger partial charge is 0.351 e. The van der Waals surface area contributed by atoms with Crippen LogP contribution in [0.25, 0.3) is 0 Å². The van der Waals surface area contributed by atoms with Gasteiger partial charge in [-0.25, -0.2) is 4.79 Å². The Morgan fingerprint density at radius 1 is 1.28 bits per heavy atom. The fourth-order valence-electron chi connectivity index (χ4n) is 1.71. The number of amides is 3. The number of nitrogens with two attached hydrogens (primary N) is 1. The van der Waals surface area contributed by atoms with E-state index in [1.807, 2.05) is 12.2 Å². The average molecular weight is 258 g/mol. The zero-order valence-electron chi connectivity index (χ0n) is 11.7. The molecule has 0 spiro atoms. The summed E-state index contributed by atoms with van der Waals surface area (Å²) in [5, 5.41) is 5.08. The van der Waals surface area contributed by atoms with Gasteiger partial charge < -0.3 is 16.0 Å². The molecule has 18 heavy (non-hydrogen) atoms. The van der Waals surface area contributed by atoms with Gasteiger partial charge in [-0.3, -0.25) is 10.1 Å². The third-order valence-electron chi connectivity index (χ3n) is 2.88. The van der Waals surface area contributed by atoms with Crippen molar-refractivity contribution in [3.8, 4) is 0 Å². The van der Waals surface area contributed by atoms with Crippen molar-refractivity contribution in [2.75, 3.05) is 26.2 Å². The van der Waals surface area contributed by atoms with Crippen molar-refractivity contribution in [3.05, 3.63) is 0 Å². The smallest absolute Gasteiger partial charge is 0.318 e. The van der Waals surface area contributed by atoms with Gasteiger partial charge in [0.2, 0.25) is 5.91 Å². The molecule has 1 atom stereocenters. The Morgan fingerprint density at radius 3 is 2.39 bits per heavy atom. The maximum absolute atomic E-state index is 11.1. The monoisotopic (exact) mass is 258 g/mol. The number of imide groups is 1. The van der Waals surface area contributed by atoms with E-state index in [2.05, 4.69) is 24.1 Å². The fraction of sp³-hybridized carbons (Fsp3) is 0.833. The van der Waals surface area contributed by atoms with Crippen LogP contribution in [0.2, 0.25) is 0 Å². The number of urea groups is 1. The molecular weight excluding hydrogens is 232 g/mol. The molecule has 1 unspecified atom stereocenters. The summed E-state index contributed by atoms with van der Waals surface area (Å²) in [6, 6.07) is -0.560.